The van der Waals surface area contributed by atoms with E-state index in [0.717, 1.165) is 70.8 Å². The molecule has 1 aliphatic carbocycles. The van der Waals surface area contributed by atoms with Crippen molar-refractivity contribution in [1.82, 2.24) is 15.2 Å². The first-order valence-corrected chi connectivity index (χ1v) is 11.2. The van der Waals surface area contributed by atoms with Gasteiger partial charge >= 0.3 is 0 Å². The van der Waals surface area contributed by atoms with Gasteiger partial charge in [0.25, 0.3) is 5.91 Å². The van der Waals surface area contributed by atoms with Crippen molar-refractivity contribution >= 4 is 11.8 Å². The van der Waals surface area contributed by atoms with Gasteiger partial charge in [0.1, 0.15) is 6.26 Å². The second kappa shape index (κ2) is 12.6. The average Bonchev–Trinajstić information content (AvgIpc) is 3.19. The summed E-state index contributed by atoms with van der Waals surface area (Å²) in [6.45, 7) is 6.02. The molecule has 6 heteroatoms. The van der Waals surface area contributed by atoms with Crippen molar-refractivity contribution in [2.75, 3.05) is 13.1 Å². The molecular formula is C22H37N3O3. The van der Waals surface area contributed by atoms with Crippen molar-refractivity contribution < 1.29 is 14.0 Å². The number of hydrogen-bond acceptors (Lipinski definition) is 4. The first-order valence-electron chi connectivity index (χ1n) is 11.2. The number of nitrogens with one attached hydrogen (secondary N) is 1. The van der Waals surface area contributed by atoms with Gasteiger partial charge < -0.3 is 14.6 Å². The summed E-state index contributed by atoms with van der Waals surface area (Å²) < 4.78 is 5.52. The van der Waals surface area contributed by atoms with E-state index in [9.17, 15) is 9.59 Å². The molecule has 1 aliphatic rings. The number of aromatic nitrogens is 1. The third-order valence-corrected chi connectivity index (χ3v) is 5.47. The molecule has 0 unspecified atom stereocenters. The lowest BCUT2D eigenvalue weighted by molar-refractivity contribution is -0.137. The van der Waals surface area contributed by atoms with Gasteiger partial charge in [-0.1, -0.05) is 58.8 Å². The van der Waals surface area contributed by atoms with Crippen LogP contribution in [0, 0.1) is 5.92 Å². The maximum absolute atomic E-state index is 13.0. The second-order valence-corrected chi connectivity index (χ2v) is 7.89. The molecule has 0 radical (unpaired) electrons. The van der Waals surface area contributed by atoms with Gasteiger partial charge in [0, 0.05) is 19.0 Å². The van der Waals surface area contributed by atoms with Gasteiger partial charge in [-0.2, -0.15) is 0 Å². The Morgan fingerprint density at radius 2 is 1.82 bits per heavy atom. The van der Waals surface area contributed by atoms with Gasteiger partial charge in [-0.05, 0) is 25.7 Å². The first kappa shape index (κ1) is 22.4. The van der Waals surface area contributed by atoms with Gasteiger partial charge in [-0.3, -0.25) is 9.59 Å². The average molecular weight is 392 g/mol. The van der Waals surface area contributed by atoms with Crippen LogP contribution in [-0.2, 0) is 11.3 Å². The lowest BCUT2D eigenvalue weighted by Gasteiger charge is -2.28. The Morgan fingerprint density at radius 3 is 2.54 bits per heavy atom. The Kier molecular flexibility index (Phi) is 10.1. The van der Waals surface area contributed by atoms with Gasteiger partial charge in [0.05, 0.1) is 6.54 Å². The molecule has 0 saturated heterocycles. The summed E-state index contributed by atoms with van der Waals surface area (Å²) in [5.74, 6) is 0.591. The Hall–Kier alpha value is -1.85. The van der Waals surface area contributed by atoms with Gasteiger partial charge in [0.2, 0.25) is 11.8 Å². The smallest absolute Gasteiger partial charge is 0.273 e. The minimum absolute atomic E-state index is 0.131. The number of hydrogen-bond donors (Lipinski definition) is 1. The summed E-state index contributed by atoms with van der Waals surface area (Å²) >= 11 is 0. The minimum atomic E-state index is -0.206. The van der Waals surface area contributed by atoms with Crippen LogP contribution in [0.3, 0.4) is 0 Å². The lowest BCUT2D eigenvalue weighted by atomic mass is 9.88. The first-order chi connectivity index (χ1) is 13.7. The van der Waals surface area contributed by atoms with Crippen molar-refractivity contribution in [3.63, 3.8) is 0 Å². The molecule has 28 heavy (non-hydrogen) atoms. The van der Waals surface area contributed by atoms with Crippen LogP contribution in [0.4, 0.5) is 0 Å². The van der Waals surface area contributed by atoms with E-state index < -0.39 is 0 Å². The van der Waals surface area contributed by atoms with Gasteiger partial charge in [-0.25, -0.2) is 4.98 Å². The van der Waals surface area contributed by atoms with Crippen LogP contribution in [0.15, 0.2) is 10.7 Å². The monoisotopic (exact) mass is 391 g/mol. The number of carbonyl (C=O) groups excluding carboxylic acids is 2. The molecule has 0 aromatic carbocycles. The molecule has 0 spiro atoms. The second-order valence-electron chi connectivity index (χ2n) is 7.89. The van der Waals surface area contributed by atoms with E-state index in [1.807, 2.05) is 4.90 Å². The normalized spacial score (nSPS) is 14.8. The Balaban J connectivity index is 1.93. The van der Waals surface area contributed by atoms with Crippen LogP contribution >= 0.6 is 0 Å². The molecule has 0 bridgehead atoms. The largest absolute Gasteiger partial charge is 0.446 e. The molecule has 0 atom stereocenters. The highest BCUT2D eigenvalue weighted by molar-refractivity contribution is 5.91. The molecule has 2 amide bonds. The maximum atomic E-state index is 13.0. The van der Waals surface area contributed by atoms with Crippen LogP contribution in [0.25, 0.3) is 0 Å². The van der Waals surface area contributed by atoms with Crippen LogP contribution in [-0.4, -0.2) is 34.8 Å². The SMILES string of the molecule is CCCCCNC(=O)c1coc(CN(CCCCC)C(=O)C2CCCCC2)n1. The van der Waals surface area contributed by atoms with Crippen molar-refractivity contribution in [2.24, 2.45) is 5.92 Å². The van der Waals surface area contributed by atoms with E-state index in [1.165, 1.54) is 12.7 Å². The van der Waals surface area contributed by atoms with Crippen molar-refractivity contribution in [3.05, 3.63) is 17.8 Å². The van der Waals surface area contributed by atoms with Crippen LogP contribution in [0.1, 0.15) is 101 Å². The molecule has 1 heterocycles. The lowest BCUT2D eigenvalue weighted by Crippen LogP contribution is -2.37. The fourth-order valence-electron chi connectivity index (χ4n) is 3.75. The molecule has 6 nitrogen and oxygen atoms in total. The van der Waals surface area contributed by atoms with E-state index in [1.54, 1.807) is 0 Å². The standard InChI is InChI=1S/C22H37N3O3/c1-3-5-10-14-23-21(26)19-17-28-20(24-19)16-25(15-11-6-4-2)22(27)18-12-8-7-9-13-18/h17-18H,3-16H2,1-2H3,(H,23,26). The van der Waals surface area contributed by atoms with Crippen molar-refractivity contribution in [3.8, 4) is 0 Å². The van der Waals surface area contributed by atoms with E-state index in [0.29, 0.717) is 24.7 Å². The molecule has 1 saturated carbocycles. The molecule has 1 aromatic rings. The highest BCUT2D eigenvalue weighted by Gasteiger charge is 2.27. The summed E-state index contributed by atoms with van der Waals surface area (Å²) in [6.07, 6.45) is 13.3. The predicted molar refractivity (Wildman–Crippen MR) is 110 cm³/mol. The summed E-state index contributed by atoms with van der Waals surface area (Å²) in [7, 11) is 0. The van der Waals surface area contributed by atoms with Crippen molar-refractivity contribution in [1.29, 1.82) is 0 Å². The molecule has 0 aliphatic heterocycles. The number of amides is 2. The Morgan fingerprint density at radius 1 is 1.11 bits per heavy atom. The molecule has 1 fully saturated rings. The zero-order valence-electron chi connectivity index (χ0n) is 17.7. The Labute approximate surface area is 169 Å². The van der Waals surface area contributed by atoms with E-state index >= 15 is 0 Å². The van der Waals surface area contributed by atoms with E-state index in [4.69, 9.17) is 4.42 Å². The summed E-state index contributed by atoms with van der Waals surface area (Å²) in [5, 5.41) is 2.87. The quantitative estimate of drug-likeness (QED) is 0.524. The predicted octanol–water partition coefficient (Wildman–Crippen LogP) is 4.69. The van der Waals surface area contributed by atoms with E-state index in [-0.39, 0.29) is 17.7 Å². The van der Waals surface area contributed by atoms with Crippen LogP contribution in [0.5, 0.6) is 0 Å². The molecule has 2 rings (SSSR count). The summed E-state index contributed by atoms with van der Waals surface area (Å²) in [5.41, 5.74) is 0.296. The van der Waals surface area contributed by atoms with Gasteiger partial charge in [-0.15, -0.1) is 0 Å². The zero-order valence-corrected chi connectivity index (χ0v) is 17.7. The summed E-state index contributed by atoms with van der Waals surface area (Å²) in [6, 6.07) is 0. The number of nitrogens with zero attached hydrogens (tertiary/aromatic N) is 2. The fourth-order valence-corrected chi connectivity index (χ4v) is 3.75. The Bertz CT molecular complexity index is 594. The third-order valence-electron chi connectivity index (χ3n) is 5.47. The third kappa shape index (κ3) is 7.28. The molecule has 1 N–H and O–H groups in total. The van der Waals surface area contributed by atoms with Gasteiger partial charge in [0.15, 0.2) is 5.69 Å². The molecule has 158 valence electrons. The highest BCUT2D eigenvalue weighted by atomic mass is 16.3. The zero-order chi connectivity index (χ0) is 20.2. The number of rotatable bonds is 12. The van der Waals surface area contributed by atoms with Crippen LogP contribution < -0.4 is 5.32 Å². The van der Waals surface area contributed by atoms with Crippen LogP contribution in [0.2, 0.25) is 0 Å². The molecule has 1 aromatic heterocycles. The highest BCUT2D eigenvalue weighted by Crippen LogP contribution is 2.26. The number of carbonyl (C=O) groups is 2. The molecular weight excluding hydrogens is 354 g/mol. The van der Waals surface area contributed by atoms with E-state index in [2.05, 4.69) is 24.1 Å². The number of oxazole rings is 1. The summed E-state index contributed by atoms with van der Waals surface area (Å²) in [4.78, 5) is 31.4. The maximum Gasteiger partial charge on any atom is 0.273 e. The fraction of sp³-hybridized carbons (Fsp3) is 0.773. The minimum Gasteiger partial charge on any atom is -0.446 e. The van der Waals surface area contributed by atoms with Crippen molar-refractivity contribution in [2.45, 2.75) is 91.0 Å². The number of unbranched alkanes of at least 4 members (excludes halogenated alkanes) is 4. The topological polar surface area (TPSA) is 75.4 Å².